The van der Waals surface area contributed by atoms with Gasteiger partial charge in [0.2, 0.25) is 0 Å². The Labute approximate surface area is 119 Å². The number of ether oxygens (including phenoxy) is 1. The molecular weight excluding hydrogens is 262 g/mol. The van der Waals surface area contributed by atoms with Crippen molar-refractivity contribution in [3.63, 3.8) is 0 Å². The molecule has 1 aromatic rings. The SMILES string of the molecule is CCOC(=O)C1(Nc2ccc(Cl)cc2)CCCC1C. The van der Waals surface area contributed by atoms with Gasteiger partial charge in [0.05, 0.1) is 6.61 Å². The van der Waals surface area contributed by atoms with Gasteiger partial charge in [0.25, 0.3) is 0 Å². The predicted octanol–water partition coefficient (Wildman–Crippen LogP) is 3.87. The highest BCUT2D eigenvalue weighted by molar-refractivity contribution is 6.30. The molecule has 1 saturated carbocycles. The summed E-state index contributed by atoms with van der Waals surface area (Å²) in [5, 5.41) is 4.07. The molecule has 0 spiro atoms. The van der Waals surface area contributed by atoms with Crippen molar-refractivity contribution in [1.29, 1.82) is 0 Å². The first-order valence-corrected chi connectivity index (χ1v) is 7.17. The lowest BCUT2D eigenvalue weighted by Crippen LogP contribution is -2.49. The number of hydrogen-bond acceptors (Lipinski definition) is 3. The minimum absolute atomic E-state index is 0.144. The van der Waals surface area contributed by atoms with Crippen LogP contribution in [-0.4, -0.2) is 18.1 Å². The number of carbonyl (C=O) groups is 1. The van der Waals surface area contributed by atoms with Crippen molar-refractivity contribution >= 4 is 23.3 Å². The van der Waals surface area contributed by atoms with Gasteiger partial charge in [-0.25, -0.2) is 4.79 Å². The third-order valence-corrected chi connectivity index (χ3v) is 4.15. The maximum Gasteiger partial charge on any atom is 0.332 e. The molecule has 3 nitrogen and oxygen atoms in total. The number of halogens is 1. The Morgan fingerprint density at radius 3 is 2.68 bits per heavy atom. The Kier molecular flexibility index (Phi) is 4.35. The molecule has 1 aliphatic carbocycles. The Morgan fingerprint density at radius 2 is 2.16 bits per heavy atom. The van der Waals surface area contributed by atoms with Gasteiger partial charge in [-0.3, -0.25) is 0 Å². The van der Waals surface area contributed by atoms with Gasteiger partial charge in [-0.2, -0.15) is 0 Å². The molecule has 4 heteroatoms. The first-order chi connectivity index (χ1) is 9.08. The number of hydrogen-bond donors (Lipinski definition) is 1. The molecule has 2 unspecified atom stereocenters. The lowest BCUT2D eigenvalue weighted by molar-refractivity contribution is -0.149. The van der Waals surface area contributed by atoms with E-state index in [1.54, 1.807) is 0 Å². The van der Waals surface area contributed by atoms with Crippen LogP contribution in [0.15, 0.2) is 24.3 Å². The molecule has 0 heterocycles. The standard InChI is InChI=1S/C15H20ClNO2/c1-3-19-14(18)15(10-4-5-11(15)2)17-13-8-6-12(16)7-9-13/h6-9,11,17H,3-5,10H2,1-2H3. The van der Waals surface area contributed by atoms with Gasteiger partial charge < -0.3 is 10.1 Å². The summed E-state index contributed by atoms with van der Waals surface area (Å²) in [6.45, 7) is 4.36. The van der Waals surface area contributed by atoms with Crippen LogP contribution in [0.4, 0.5) is 5.69 Å². The van der Waals surface area contributed by atoms with Crippen LogP contribution in [0.1, 0.15) is 33.1 Å². The number of esters is 1. The maximum atomic E-state index is 12.3. The zero-order chi connectivity index (χ0) is 13.9. The van der Waals surface area contributed by atoms with E-state index < -0.39 is 5.54 Å². The van der Waals surface area contributed by atoms with E-state index in [9.17, 15) is 4.79 Å². The molecule has 0 amide bonds. The number of anilines is 1. The molecule has 1 aliphatic rings. The highest BCUT2D eigenvalue weighted by atomic mass is 35.5. The first-order valence-electron chi connectivity index (χ1n) is 6.79. The van der Waals surface area contributed by atoms with Crippen molar-refractivity contribution in [1.82, 2.24) is 0 Å². The minimum Gasteiger partial charge on any atom is -0.464 e. The fourth-order valence-corrected chi connectivity index (χ4v) is 2.90. The second kappa shape index (κ2) is 5.83. The van der Waals surface area contributed by atoms with Crippen LogP contribution in [0.25, 0.3) is 0 Å². The Balaban J connectivity index is 2.23. The Morgan fingerprint density at radius 1 is 1.47 bits per heavy atom. The van der Waals surface area contributed by atoms with Crippen LogP contribution in [0.2, 0.25) is 5.02 Å². The first kappa shape index (κ1) is 14.2. The predicted molar refractivity (Wildman–Crippen MR) is 77.5 cm³/mol. The average Bonchev–Trinajstić information content (AvgIpc) is 2.75. The minimum atomic E-state index is -0.593. The zero-order valence-corrected chi connectivity index (χ0v) is 12.2. The van der Waals surface area contributed by atoms with E-state index >= 15 is 0 Å². The topological polar surface area (TPSA) is 38.3 Å². The lowest BCUT2D eigenvalue weighted by Gasteiger charge is -2.33. The van der Waals surface area contributed by atoms with Crippen molar-refractivity contribution in [2.45, 2.75) is 38.6 Å². The van der Waals surface area contributed by atoms with Gasteiger partial charge >= 0.3 is 5.97 Å². The molecule has 0 saturated heterocycles. The summed E-state index contributed by atoms with van der Waals surface area (Å²) in [5.41, 5.74) is 0.315. The Hall–Kier alpha value is -1.22. The van der Waals surface area contributed by atoms with Gasteiger partial charge in [0.15, 0.2) is 0 Å². The van der Waals surface area contributed by atoms with Crippen molar-refractivity contribution in [2.75, 3.05) is 11.9 Å². The zero-order valence-electron chi connectivity index (χ0n) is 11.4. The number of benzene rings is 1. The molecule has 0 bridgehead atoms. The van der Waals surface area contributed by atoms with Gasteiger partial charge in [-0.1, -0.05) is 24.9 Å². The van der Waals surface area contributed by atoms with Crippen LogP contribution in [-0.2, 0) is 9.53 Å². The van der Waals surface area contributed by atoms with E-state index in [4.69, 9.17) is 16.3 Å². The number of rotatable bonds is 4. The average molecular weight is 282 g/mol. The molecule has 19 heavy (non-hydrogen) atoms. The van der Waals surface area contributed by atoms with E-state index in [0.29, 0.717) is 11.6 Å². The highest BCUT2D eigenvalue weighted by Crippen LogP contribution is 2.39. The second-order valence-corrected chi connectivity index (χ2v) is 5.55. The summed E-state index contributed by atoms with van der Waals surface area (Å²) in [7, 11) is 0. The third kappa shape index (κ3) is 2.86. The molecule has 1 N–H and O–H groups in total. The molecule has 2 atom stereocenters. The largest absolute Gasteiger partial charge is 0.464 e. The second-order valence-electron chi connectivity index (χ2n) is 5.12. The normalized spacial score (nSPS) is 26.2. The van der Waals surface area contributed by atoms with Crippen molar-refractivity contribution < 1.29 is 9.53 Å². The fraction of sp³-hybridized carbons (Fsp3) is 0.533. The molecule has 1 aromatic carbocycles. The van der Waals surface area contributed by atoms with Gasteiger partial charge in [0.1, 0.15) is 5.54 Å². The van der Waals surface area contributed by atoms with Crippen LogP contribution in [0.5, 0.6) is 0 Å². The summed E-state index contributed by atoms with van der Waals surface area (Å²) in [4.78, 5) is 12.3. The monoisotopic (exact) mass is 281 g/mol. The van der Waals surface area contributed by atoms with E-state index in [1.807, 2.05) is 31.2 Å². The van der Waals surface area contributed by atoms with Crippen molar-refractivity contribution in [3.05, 3.63) is 29.3 Å². The molecule has 0 aromatic heterocycles. The smallest absolute Gasteiger partial charge is 0.332 e. The van der Waals surface area contributed by atoms with Crippen LogP contribution in [0.3, 0.4) is 0 Å². The number of carbonyl (C=O) groups excluding carboxylic acids is 1. The van der Waals surface area contributed by atoms with E-state index in [0.717, 1.165) is 24.9 Å². The molecule has 104 valence electrons. The van der Waals surface area contributed by atoms with Crippen molar-refractivity contribution in [3.8, 4) is 0 Å². The molecule has 0 aliphatic heterocycles. The van der Waals surface area contributed by atoms with E-state index in [2.05, 4.69) is 12.2 Å². The number of nitrogens with one attached hydrogen (secondary N) is 1. The van der Waals surface area contributed by atoms with Crippen molar-refractivity contribution in [2.24, 2.45) is 5.92 Å². The molecule has 0 radical (unpaired) electrons. The van der Waals surface area contributed by atoms with Crippen LogP contribution in [0, 0.1) is 5.92 Å². The van der Waals surface area contributed by atoms with Gasteiger partial charge in [-0.15, -0.1) is 0 Å². The quantitative estimate of drug-likeness (QED) is 0.852. The van der Waals surface area contributed by atoms with Gasteiger partial charge in [0, 0.05) is 10.7 Å². The summed E-state index contributed by atoms with van der Waals surface area (Å²) < 4.78 is 5.27. The van der Waals surface area contributed by atoms with Gasteiger partial charge in [-0.05, 0) is 49.9 Å². The summed E-state index contributed by atoms with van der Waals surface area (Å²) in [5.74, 6) is 0.122. The maximum absolute atomic E-state index is 12.3. The third-order valence-electron chi connectivity index (χ3n) is 3.90. The summed E-state index contributed by atoms with van der Waals surface area (Å²) in [6, 6.07) is 7.44. The molecular formula is C15H20ClNO2. The van der Waals surface area contributed by atoms with E-state index in [1.165, 1.54) is 0 Å². The van der Waals surface area contributed by atoms with E-state index in [-0.39, 0.29) is 11.9 Å². The summed E-state index contributed by atoms with van der Waals surface area (Å²) >= 11 is 5.88. The van der Waals surface area contributed by atoms with Crippen LogP contribution < -0.4 is 5.32 Å². The summed E-state index contributed by atoms with van der Waals surface area (Å²) in [6.07, 6.45) is 2.90. The molecule has 1 fully saturated rings. The van der Waals surface area contributed by atoms with Crippen LogP contribution >= 0.6 is 11.6 Å². The highest BCUT2D eigenvalue weighted by Gasteiger charge is 2.48. The lowest BCUT2D eigenvalue weighted by atomic mass is 9.88. The molecule has 2 rings (SSSR count). The fourth-order valence-electron chi connectivity index (χ4n) is 2.77. The Bertz CT molecular complexity index is 446.